The number of phenolic OH excluding ortho intramolecular Hbond substituents is 3. The molecule has 15 unspecified atom stereocenters. The van der Waals surface area contributed by atoms with Crippen LogP contribution in [-0.2, 0) is 59.1 Å². The smallest absolute Gasteiger partial charge is 0.330 e. The molecule has 7 aromatic rings. The van der Waals surface area contributed by atoms with Crippen molar-refractivity contribution in [2.75, 3.05) is 20.6 Å². The molecule has 0 radical (unpaired) electrons. The zero-order chi connectivity index (χ0) is 86.6. The molecule has 19 N–H and O–H groups in total. The third-order valence-electron chi connectivity index (χ3n) is 20.3. The molecule has 2 fully saturated rings. The average Bonchev–Trinajstić information content (AvgIpc) is 0.773. The van der Waals surface area contributed by atoms with Gasteiger partial charge in [0.05, 0.1) is 59.9 Å². The van der Waals surface area contributed by atoms with E-state index in [9.17, 15) is 89.8 Å². The number of carbonyl (C=O) groups is 8. The van der Waals surface area contributed by atoms with Crippen LogP contribution in [0.1, 0.15) is 112 Å². The van der Waals surface area contributed by atoms with Crippen LogP contribution < -0.4 is 62.5 Å². The Labute approximate surface area is 696 Å². The number of ether oxygens (including phenoxy) is 6. The molecule has 0 saturated carbocycles. The Morgan fingerprint density at radius 2 is 1.35 bits per heavy atom. The summed E-state index contributed by atoms with van der Waals surface area (Å²) in [6.07, 6.45) is -18.1. The number of hydrogen-bond acceptors (Lipinski definition) is 25. The molecule has 2 saturated heterocycles. The Morgan fingerprint density at radius 1 is 0.723 bits per heavy atom. The number of halogens is 3. The fourth-order valence-electron chi connectivity index (χ4n) is 13.9. The Morgan fingerprint density at radius 3 is 1.96 bits per heavy atom. The van der Waals surface area contributed by atoms with Gasteiger partial charge in [0, 0.05) is 58.2 Å². The van der Waals surface area contributed by atoms with Crippen LogP contribution in [0.3, 0.4) is 0 Å². The highest BCUT2D eigenvalue weighted by Crippen LogP contribution is 2.48. The number of carbonyl (C=O) groups excluding carboxylic acids is 7. The molecule has 7 amide bonds. The van der Waals surface area contributed by atoms with Crippen molar-refractivity contribution in [2.24, 2.45) is 16.8 Å². The molecule has 7 aromatic carbocycles. The number of aliphatic hydroxyl groups is 5. The summed E-state index contributed by atoms with van der Waals surface area (Å²) < 4.78 is 39.0. The highest BCUT2D eigenvalue weighted by molar-refractivity contribution is 6.32. The molecule has 35 nitrogen and oxygen atoms in total. The molecule has 0 aliphatic carbocycles. The summed E-state index contributed by atoms with van der Waals surface area (Å²) in [6, 6.07) is 20.7. The second-order valence-corrected chi connectivity index (χ2v) is 30.7. The number of carboxylic acid groups (broad SMARTS) is 1. The highest BCUT2D eigenvalue weighted by Gasteiger charge is 2.52. The molecule has 12 rings (SSSR count). The lowest BCUT2D eigenvalue weighted by atomic mass is 9.84. The van der Waals surface area contributed by atoms with Gasteiger partial charge in [-0.15, -0.1) is 0 Å². The van der Waals surface area contributed by atoms with Crippen molar-refractivity contribution in [1.82, 2.24) is 42.5 Å². The summed E-state index contributed by atoms with van der Waals surface area (Å²) >= 11 is 20.2. The van der Waals surface area contributed by atoms with E-state index in [2.05, 4.69) is 52.6 Å². The van der Waals surface area contributed by atoms with Gasteiger partial charge >= 0.3 is 5.97 Å². The van der Waals surface area contributed by atoms with Crippen LogP contribution in [0, 0.1) is 5.92 Å². The molecule has 17 atom stereocenters. The van der Waals surface area contributed by atoms with E-state index in [0.717, 1.165) is 60.0 Å². The van der Waals surface area contributed by atoms with Crippen LogP contribution in [0.4, 0.5) is 0 Å². The Balaban J connectivity index is 1.06. The maximum Gasteiger partial charge on any atom is 0.330 e. The van der Waals surface area contributed by atoms with Gasteiger partial charge in [-0.1, -0.05) is 114 Å². The van der Waals surface area contributed by atoms with E-state index >= 15 is 0 Å². The number of aliphatic hydroxyl groups excluding tert-OH is 5. The fourth-order valence-corrected chi connectivity index (χ4v) is 14.4. The Bertz CT molecular complexity index is 4950. The number of fused-ring (bicyclic) bond motifs is 2. The van der Waals surface area contributed by atoms with Crippen LogP contribution >= 0.6 is 34.8 Å². The number of carboxylic acids is 1. The number of primary amides is 1. The van der Waals surface area contributed by atoms with Gasteiger partial charge in [-0.25, -0.2) is 4.79 Å². The number of phenols is 3. The molecule has 38 heteroatoms. The molecule has 5 aliphatic rings. The molecular weight excluding hydrogens is 1620 g/mol. The second-order valence-electron chi connectivity index (χ2n) is 29.4. The second kappa shape index (κ2) is 39.6. The van der Waals surface area contributed by atoms with Crippen molar-refractivity contribution >= 4 is 82.1 Å². The highest BCUT2D eigenvalue weighted by atomic mass is 35.5. The topological polar surface area (TPSA) is 545 Å². The standard InChI is InChI=1S/C81H91Cl3N12O23/c1-36(2)25-51(87-6)75(108)95-67-68(103)44-19-24-57(50(84)28-44)116-59-10-8-9-58(71(59)119-80-72(70(105)69(104)60(117-80)35-90-96-86)118-63-33-81(5,73(106)38(4)114-63)89-34-39-11-13-40(14-12-39)41-15-20-45(82)21-16-41)115-56-23-18-42(27-49(56)83)54(99)32-62(102)93-66(79(112)113)48-29-46(97)30-55(100)64(48)47-26-43(17-22-53(47)98)65(77(110)88-7)94-74(107)37(3)91-76(109)52(31-61(85)101)92-78(67)111/h8-24,26-30,36-38,51-52,54,60,63,65-70,72-73,80,87,89,97-100,103-106H,25,31-35H2,1-7H3,(H2,85,101)(H,88,110)(H,91,109)(H,92,111)(H,93,102)(H,94,107)(H,95,108)(H,112,113)/t37?,38?,51?,52-,54?,60?,63?,65?,66+,67?,68?,69?,70?,72?,73?,80?,81?/m0/s1. The maximum atomic E-state index is 14.9. The number of azide groups is 1. The number of aliphatic carboxylic acids is 1. The summed E-state index contributed by atoms with van der Waals surface area (Å²) in [6.45, 7) is 7.78. The molecule has 5 aliphatic heterocycles. The number of amides is 7. The summed E-state index contributed by atoms with van der Waals surface area (Å²) in [5.41, 5.74) is 14.7. The van der Waals surface area contributed by atoms with Gasteiger partial charge in [0.2, 0.25) is 53.4 Å². The zero-order valence-corrected chi connectivity index (χ0v) is 67.3. The van der Waals surface area contributed by atoms with Gasteiger partial charge < -0.3 is 123 Å². The minimum Gasteiger partial charge on any atom is -0.508 e. The lowest BCUT2D eigenvalue weighted by Gasteiger charge is -2.48. The van der Waals surface area contributed by atoms with Crippen molar-refractivity contribution in [2.45, 2.75) is 170 Å². The van der Waals surface area contributed by atoms with E-state index in [0.29, 0.717) is 5.02 Å². The van der Waals surface area contributed by atoms with Crippen molar-refractivity contribution in [3.63, 3.8) is 0 Å². The number of para-hydroxylation sites is 1. The summed E-state index contributed by atoms with van der Waals surface area (Å²) in [5.74, 6) is -13.4. The number of hydrogen-bond donors (Lipinski definition) is 18. The minimum atomic E-state index is -2.21. The van der Waals surface area contributed by atoms with Crippen LogP contribution in [0.15, 0.2) is 139 Å². The van der Waals surface area contributed by atoms with E-state index in [1.165, 1.54) is 62.6 Å². The van der Waals surface area contributed by atoms with E-state index in [-0.39, 0.29) is 75.0 Å². The molecule has 119 heavy (non-hydrogen) atoms. The monoisotopic (exact) mass is 1700 g/mol. The largest absolute Gasteiger partial charge is 0.508 e. The van der Waals surface area contributed by atoms with Gasteiger partial charge in [0.25, 0.3) is 0 Å². The molecular formula is C81H91Cl3N12O23. The van der Waals surface area contributed by atoms with E-state index in [1.54, 1.807) is 26.0 Å². The van der Waals surface area contributed by atoms with Crippen LogP contribution in [0.2, 0.25) is 15.1 Å². The van der Waals surface area contributed by atoms with Crippen LogP contribution in [-0.4, -0.2) is 193 Å². The first-order valence-electron chi connectivity index (χ1n) is 37.5. The van der Waals surface area contributed by atoms with Crippen molar-refractivity contribution in [3.8, 4) is 68.2 Å². The Kier molecular flexibility index (Phi) is 30.0. The number of nitrogens with one attached hydrogen (secondary N) is 8. The summed E-state index contributed by atoms with van der Waals surface area (Å²) in [5, 5.41) is 129. The van der Waals surface area contributed by atoms with Crippen molar-refractivity contribution in [3.05, 3.63) is 187 Å². The predicted molar refractivity (Wildman–Crippen MR) is 429 cm³/mol. The number of nitrogens with two attached hydrogens (primary N) is 1. The number of rotatable bonds is 19. The lowest BCUT2D eigenvalue weighted by molar-refractivity contribution is -0.331. The summed E-state index contributed by atoms with van der Waals surface area (Å²) in [7, 11) is 2.67. The summed E-state index contributed by atoms with van der Waals surface area (Å²) in [4.78, 5) is 114. The third-order valence-corrected chi connectivity index (χ3v) is 21.1. The quantitative estimate of drug-likeness (QED) is 0.0232. The molecule has 0 aromatic heterocycles. The Hall–Kier alpha value is -11.1. The maximum absolute atomic E-state index is 14.9. The lowest BCUT2D eigenvalue weighted by Crippen LogP contribution is -2.65. The number of likely N-dealkylation sites (N-methyl/N-ethyl adjacent to an activating group) is 2. The number of nitrogens with zero attached hydrogens (tertiary/aromatic N) is 3. The van der Waals surface area contributed by atoms with Gasteiger partial charge in [-0.3, -0.25) is 33.6 Å². The zero-order valence-electron chi connectivity index (χ0n) is 65.1. The predicted octanol–water partition coefficient (Wildman–Crippen LogP) is 6.55. The van der Waals surface area contributed by atoms with E-state index in [1.807, 2.05) is 50.2 Å². The average molecular weight is 1710 g/mol. The van der Waals surface area contributed by atoms with Gasteiger partial charge in [0.15, 0.2) is 29.9 Å². The van der Waals surface area contributed by atoms with Crippen molar-refractivity contribution < 1.29 is 113 Å². The number of aromatic hydroxyl groups is 3. The molecule has 8 bridgehead atoms. The molecule has 634 valence electrons. The first kappa shape index (κ1) is 90.2. The van der Waals surface area contributed by atoms with Crippen LogP contribution in [0.25, 0.3) is 32.7 Å². The fraction of sp³-hybridized carbons (Fsp3) is 0.383. The van der Waals surface area contributed by atoms with Gasteiger partial charge in [-0.05, 0) is 146 Å². The first-order valence-corrected chi connectivity index (χ1v) is 38.6. The van der Waals surface area contributed by atoms with Gasteiger partial charge in [-0.2, -0.15) is 0 Å². The first-order chi connectivity index (χ1) is 56.5. The molecule has 5 heterocycles. The SMILES string of the molecule is CNC(=O)C1NC(=O)C(C)NC(=O)[C@H](CC(N)=O)NC(=O)C(NC(=O)C(CC(C)C)NC)C(O)c2ccc(c(Cl)c2)Oc2cccc(c2OC2OC(CN=[N+]=[N-])C(O)C(O)C2OC2CC(C)(NCc3ccc(-c4ccc(Cl)cc4)cc3)C(O)C(C)O2)Oc2ccc(cc2Cl)C(O)CC(=O)N[C@@H](C(=O)O)c2cc(O)cc(O)c2-c2cc1ccc2O. The molecule has 0 spiro atoms. The van der Waals surface area contributed by atoms with Crippen molar-refractivity contribution in [1.29, 1.82) is 0 Å². The number of benzene rings is 7. The van der Waals surface area contributed by atoms with E-state index < -0.39 is 210 Å². The van der Waals surface area contributed by atoms with Crippen LogP contribution in [0.5, 0.6) is 46.0 Å². The minimum absolute atomic E-state index is 0.0589. The van der Waals surface area contributed by atoms with E-state index in [4.69, 9.17) is 69.0 Å². The van der Waals surface area contributed by atoms with Gasteiger partial charge in [0.1, 0.15) is 71.2 Å². The third kappa shape index (κ3) is 22.1. The normalized spacial score (nSPS) is 25.5.